The quantitative estimate of drug-likeness (QED) is 0.707. The van der Waals surface area contributed by atoms with Gasteiger partial charge in [0, 0.05) is 5.41 Å². The van der Waals surface area contributed by atoms with Gasteiger partial charge < -0.3 is 14.9 Å². The Balaban J connectivity index is 1.37. The third kappa shape index (κ3) is 2.38. The van der Waals surface area contributed by atoms with Crippen LogP contribution < -0.4 is 0 Å². The molecule has 3 nitrogen and oxygen atoms in total. The topological polar surface area (TPSA) is 49.7 Å². The van der Waals surface area contributed by atoms with Gasteiger partial charge in [-0.1, -0.05) is 31.2 Å². The number of fused-ring (bicyclic) bond motifs is 6. The van der Waals surface area contributed by atoms with Gasteiger partial charge >= 0.3 is 0 Å². The predicted molar refractivity (Wildman–Crippen MR) is 112 cm³/mol. The van der Waals surface area contributed by atoms with Crippen LogP contribution in [0.3, 0.4) is 0 Å². The number of hydrogen-bond donors (Lipinski definition) is 2. The molecular weight excluding hydrogens is 360 g/mol. The molecule has 152 valence electrons. The Bertz CT molecular complexity index is 982. The second kappa shape index (κ2) is 6.09. The van der Waals surface area contributed by atoms with Gasteiger partial charge in [-0.05, 0) is 96.2 Å². The highest BCUT2D eigenvalue weighted by Crippen LogP contribution is 2.67. The van der Waals surface area contributed by atoms with Crippen LogP contribution in [0.25, 0.3) is 0 Å². The fourth-order valence-electron chi connectivity index (χ4n) is 7.49. The van der Waals surface area contributed by atoms with Crippen LogP contribution in [0, 0.1) is 17.3 Å². The fourth-order valence-corrected chi connectivity index (χ4v) is 7.49. The van der Waals surface area contributed by atoms with Crippen LogP contribution >= 0.6 is 0 Å². The molecule has 2 saturated carbocycles. The molecule has 3 aliphatic carbocycles. The maximum atomic E-state index is 12.1. The zero-order chi connectivity index (χ0) is 19.8. The number of hydrogen-bond acceptors (Lipinski definition) is 3. The van der Waals surface area contributed by atoms with Gasteiger partial charge in [-0.3, -0.25) is 0 Å². The van der Waals surface area contributed by atoms with Gasteiger partial charge in [-0.15, -0.1) is 0 Å². The fraction of sp³-hybridized carbons (Fsp3) is 0.538. The van der Waals surface area contributed by atoms with Crippen LogP contribution in [0.15, 0.2) is 36.4 Å². The Labute approximate surface area is 172 Å². The summed E-state index contributed by atoms with van der Waals surface area (Å²) in [7, 11) is 0. The van der Waals surface area contributed by atoms with E-state index in [9.17, 15) is 10.2 Å². The van der Waals surface area contributed by atoms with Crippen LogP contribution in [-0.2, 0) is 30.0 Å². The Morgan fingerprint density at radius 1 is 0.931 bits per heavy atom. The maximum Gasteiger partial charge on any atom is 0.115 e. The van der Waals surface area contributed by atoms with E-state index in [1.807, 2.05) is 12.1 Å². The molecule has 4 aliphatic rings. The van der Waals surface area contributed by atoms with E-state index in [1.54, 1.807) is 0 Å². The van der Waals surface area contributed by atoms with E-state index in [2.05, 4.69) is 31.2 Å². The van der Waals surface area contributed by atoms with Crippen LogP contribution in [0.5, 0.6) is 5.75 Å². The van der Waals surface area contributed by atoms with Crippen molar-refractivity contribution in [3.63, 3.8) is 0 Å². The molecule has 0 bridgehead atoms. The third-order valence-electron chi connectivity index (χ3n) is 9.06. The first-order chi connectivity index (χ1) is 14.0. The van der Waals surface area contributed by atoms with Crippen molar-refractivity contribution in [3.05, 3.63) is 64.2 Å². The van der Waals surface area contributed by atoms with E-state index < -0.39 is 5.60 Å². The minimum absolute atomic E-state index is 0.0731. The van der Waals surface area contributed by atoms with Crippen molar-refractivity contribution in [1.29, 1.82) is 0 Å². The lowest BCUT2D eigenvalue weighted by Crippen LogP contribution is -2.49. The molecular formula is C26H30O3. The molecule has 0 saturated heterocycles. The van der Waals surface area contributed by atoms with Gasteiger partial charge in [0.1, 0.15) is 5.75 Å². The van der Waals surface area contributed by atoms with E-state index in [-0.39, 0.29) is 5.41 Å². The van der Waals surface area contributed by atoms with Gasteiger partial charge in [0.05, 0.1) is 18.8 Å². The van der Waals surface area contributed by atoms with Crippen LogP contribution in [0.4, 0.5) is 0 Å². The summed E-state index contributed by atoms with van der Waals surface area (Å²) < 4.78 is 5.61. The van der Waals surface area contributed by atoms with Crippen molar-refractivity contribution in [2.24, 2.45) is 17.3 Å². The lowest BCUT2D eigenvalue weighted by molar-refractivity contribution is -0.108. The van der Waals surface area contributed by atoms with Crippen molar-refractivity contribution in [2.75, 3.05) is 0 Å². The minimum atomic E-state index is -0.741. The highest BCUT2D eigenvalue weighted by molar-refractivity contribution is 5.42. The van der Waals surface area contributed by atoms with Gasteiger partial charge in [0.15, 0.2) is 0 Å². The Morgan fingerprint density at radius 2 is 1.79 bits per heavy atom. The van der Waals surface area contributed by atoms with E-state index >= 15 is 0 Å². The summed E-state index contributed by atoms with van der Waals surface area (Å²) in [6, 6.07) is 12.5. The summed E-state index contributed by atoms with van der Waals surface area (Å²) in [6.45, 7) is 3.73. The second-order valence-electron chi connectivity index (χ2n) is 10.1. The van der Waals surface area contributed by atoms with Crippen molar-refractivity contribution >= 4 is 0 Å². The zero-order valence-electron chi connectivity index (χ0n) is 17.2. The molecule has 2 aromatic carbocycles. The molecule has 0 aromatic heterocycles. The number of phenolic OH excluding ortho intramolecular Hbond substituents is 1. The largest absolute Gasteiger partial charge is 0.508 e. The molecule has 0 amide bonds. The second-order valence-corrected chi connectivity index (χ2v) is 10.1. The SMILES string of the molecule is C[C@]12CC[C@@H]3c4ccc(O)cc4CC[C@H]3[C@@H]1CC[C@]2(O)c1ccc2c(c1)COC2. The molecule has 0 radical (unpaired) electrons. The van der Waals surface area contributed by atoms with E-state index in [0.717, 1.165) is 37.7 Å². The number of ether oxygens (including phenoxy) is 1. The van der Waals surface area contributed by atoms with E-state index in [1.165, 1.54) is 28.7 Å². The standard InChI is InChI=1S/C26H30O3/c1-25-10-8-22-21-7-5-20(27)13-16(21)3-6-23(22)24(25)9-11-26(25,28)19-4-2-17-14-29-15-18(17)12-19/h2,4-5,7,12-13,22-24,27-28H,3,6,8-11,14-15H2,1H3/t22-,23-,24+,25+,26+/m1/s1. The molecule has 5 atom stereocenters. The molecule has 29 heavy (non-hydrogen) atoms. The van der Waals surface area contributed by atoms with Crippen molar-refractivity contribution in [3.8, 4) is 5.75 Å². The first-order valence-electron chi connectivity index (χ1n) is 11.2. The van der Waals surface area contributed by atoms with Gasteiger partial charge in [-0.25, -0.2) is 0 Å². The highest BCUT2D eigenvalue weighted by Gasteiger charge is 2.62. The number of rotatable bonds is 1. The van der Waals surface area contributed by atoms with Crippen molar-refractivity contribution < 1.29 is 14.9 Å². The summed E-state index contributed by atoms with van der Waals surface area (Å²) in [5, 5.41) is 22.0. The third-order valence-corrected chi connectivity index (χ3v) is 9.06. The zero-order valence-corrected chi connectivity index (χ0v) is 17.2. The first-order valence-corrected chi connectivity index (χ1v) is 11.2. The number of benzene rings is 2. The smallest absolute Gasteiger partial charge is 0.115 e. The first kappa shape index (κ1) is 18.0. The Hall–Kier alpha value is -1.84. The van der Waals surface area contributed by atoms with E-state index in [4.69, 9.17) is 4.74 Å². The van der Waals surface area contributed by atoms with Gasteiger partial charge in [-0.2, -0.15) is 0 Å². The lowest BCUT2D eigenvalue weighted by Gasteiger charge is -2.53. The summed E-state index contributed by atoms with van der Waals surface area (Å²) in [6.07, 6.45) is 6.38. The average molecular weight is 391 g/mol. The maximum absolute atomic E-state index is 12.1. The molecule has 2 fully saturated rings. The van der Waals surface area contributed by atoms with Crippen LogP contribution in [0.1, 0.15) is 72.8 Å². The Kier molecular flexibility index (Phi) is 3.77. The summed E-state index contributed by atoms with van der Waals surface area (Å²) >= 11 is 0. The minimum Gasteiger partial charge on any atom is -0.508 e. The van der Waals surface area contributed by atoms with Crippen molar-refractivity contribution in [1.82, 2.24) is 0 Å². The monoisotopic (exact) mass is 390 g/mol. The molecule has 2 aromatic rings. The molecule has 0 unspecified atom stereocenters. The molecule has 1 aliphatic heterocycles. The number of phenols is 1. The molecule has 1 heterocycles. The Morgan fingerprint density at radius 3 is 2.69 bits per heavy atom. The molecule has 2 N–H and O–H groups in total. The highest BCUT2D eigenvalue weighted by atomic mass is 16.5. The summed E-state index contributed by atoms with van der Waals surface area (Å²) in [5.41, 5.74) is 5.60. The number of aliphatic hydroxyl groups is 1. The molecule has 3 heteroatoms. The van der Waals surface area contributed by atoms with Crippen LogP contribution in [-0.4, -0.2) is 10.2 Å². The van der Waals surface area contributed by atoms with E-state index in [0.29, 0.717) is 36.7 Å². The summed E-state index contributed by atoms with van der Waals surface area (Å²) in [5.74, 6) is 2.15. The van der Waals surface area contributed by atoms with Crippen LogP contribution in [0.2, 0.25) is 0 Å². The number of aromatic hydroxyl groups is 1. The summed E-state index contributed by atoms with van der Waals surface area (Å²) in [4.78, 5) is 0. The van der Waals surface area contributed by atoms with Crippen molar-refractivity contribution in [2.45, 2.75) is 70.2 Å². The molecule has 0 spiro atoms. The lowest BCUT2D eigenvalue weighted by atomic mass is 9.52. The predicted octanol–water partition coefficient (Wildman–Crippen LogP) is 5.17. The average Bonchev–Trinajstić information content (AvgIpc) is 3.30. The van der Waals surface area contributed by atoms with Gasteiger partial charge in [0.25, 0.3) is 0 Å². The van der Waals surface area contributed by atoms with Gasteiger partial charge in [0.2, 0.25) is 0 Å². The number of aryl methyl sites for hydroxylation is 1. The molecule has 6 rings (SSSR count). The normalized spacial score (nSPS) is 37.5.